The van der Waals surface area contributed by atoms with Gasteiger partial charge in [-0.25, -0.2) is 4.79 Å². The molecule has 0 unspecified atom stereocenters. The molecule has 0 saturated heterocycles. The van der Waals surface area contributed by atoms with E-state index in [9.17, 15) is 14.4 Å². The van der Waals surface area contributed by atoms with Crippen LogP contribution in [-0.4, -0.2) is 23.6 Å². The summed E-state index contributed by atoms with van der Waals surface area (Å²) in [6.07, 6.45) is 7.33. The average Bonchev–Trinajstić information content (AvgIpc) is 3.10. The molecule has 5 rings (SSSR count). The first-order valence-electron chi connectivity index (χ1n) is 12.6. The molecular formula is C28H35IO4. The Bertz CT molecular complexity index is 988. The van der Waals surface area contributed by atoms with Gasteiger partial charge in [0.05, 0.1) is 5.56 Å². The maximum absolute atomic E-state index is 13.7. The van der Waals surface area contributed by atoms with Crippen molar-refractivity contribution in [3.8, 4) is 0 Å². The number of Topliss-reactive ketones (excluding diaryl/α,β-unsaturated/α-hetero) is 2. The van der Waals surface area contributed by atoms with Crippen LogP contribution in [0.15, 0.2) is 24.3 Å². The van der Waals surface area contributed by atoms with Crippen LogP contribution in [0.5, 0.6) is 0 Å². The van der Waals surface area contributed by atoms with E-state index >= 15 is 0 Å². The number of hydrogen-bond acceptors (Lipinski definition) is 4. The van der Waals surface area contributed by atoms with Crippen LogP contribution in [0.3, 0.4) is 0 Å². The van der Waals surface area contributed by atoms with Gasteiger partial charge in [0.25, 0.3) is 0 Å². The summed E-state index contributed by atoms with van der Waals surface area (Å²) in [5.41, 5.74) is 0.454. The number of halogens is 1. The number of hydrogen-bond donors (Lipinski definition) is 0. The van der Waals surface area contributed by atoms with E-state index in [1.165, 1.54) is 0 Å². The Hall–Kier alpha value is -1.24. The number of esters is 1. The highest BCUT2D eigenvalue weighted by molar-refractivity contribution is 14.1. The standard InChI is InChI=1S/C28H35IO4/c1-16(30)22-9-10-23-21-8-7-18-14-20(33-26(32)17-5-4-6-19(29)13-17)11-12-27(18,2)25(21)24(31)15-28(22,23)3/h4-6,13,18,20-23,25H,7-12,14-15H2,1-3H3/t18-,20-,21-,22-,23+,25-,27+,28-/m1/s1. The third kappa shape index (κ3) is 3.81. The summed E-state index contributed by atoms with van der Waals surface area (Å²) in [4.78, 5) is 38.8. The summed E-state index contributed by atoms with van der Waals surface area (Å²) in [5, 5.41) is 0. The van der Waals surface area contributed by atoms with Gasteiger partial charge in [0.15, 0.2) is 0 Å². The molecule has 0 N–H and O–H groups in total. The predicted octanol–water partition coefficient (Wildman–Crippen LogP) is 6.24. The molecule has 8 atom stereocenters. The van der Waals surface area contributed by atoms with Gasteiger partial charge in [-0.15, -0.1) is 0 Å². The number of carbonyl (C=O) groups excluding carboxylic acids is 3. The number of benzene rings is 1. The van der Waals surface area contributed by atoms with Crippen molar-refractivity contribution in [2.24, 2.45) is 40.4 Å². The van der Waals surface area contributed by atoms with Gasteiger partial charge in [-0.05, 0) is 121 Å². The average molecular weight is 562 g/mol. The molecular weight excluding hydrogens is 527 g/mol. The molecule has 0 bridgehead atoms. The number of ketones is 2. The zero-order chi connectivity index (χ0) is 23.5. The molecule has 0 heterocycles. The summed E-state index contributed by atoms with van der Waals surface area (Å²) < 4.78 is 6.98. The molecule has 1 aromatic carbocycles. The lowest BCUT2D eigenvalue weighted by atomic mass is 9.44. The highest BCUT2D eigenvalue weighted by Gasteiger charge is 2.63. The molecule has 1 aromatic rings. The first kappa shape index (κ1) is 23.5. The molecule has 178 valence electrons. The van der Waals surface area contributed by atoms with Gasteiger partial charge in [-0.1, -0.05) is 19.9 Å². The van der Waals surface area contributed by atoms with Crippen molar-refractivity contribution in [1.82, 2.24) is 0 Å². The minimum atomic E-state index is -0.235. The lowest BCUT2D eigenvalue weighted by molar-refractivity contribution is -0.162. The molecule has 4 aliphatic rings. The van der Waals surface area contributed by atoms with Gasteiger partial charge in [-0.3, -0.25) is 9.59 Å². The predicted molar refractivity (Wildman–Crippen MR) is 135 cm³/mol. The molecule has 0 aliphatic heterocycles. The smallest absolute Gasteiger partial charge is 0.338 e. The van der Waals surface area contributed by atoms with Crippen molar-refractivity contribution in [2.75, 3.05) is 0 Å². The lowest BCUT2D eigenvalue weighted by Crippen LogP contribution is -2.58. The zero-order valence-corrected chi connectivity index (χ0v) is 22.1. The molecule has 4 aliphatic carbocycles. The quantitative estimate of drug-likeness (QED) is 0.323. The monoisotopic (exact) mass is 562 g/mol. The Morgan fingerprint density at radius 2 is 1.85 bits per heavy atom. The Kier molecular flexibility index (Phi) is 6.02. The van der Waals surface area contributed by atoms with E-state index in [1.807, 2.05) is 24.3 Å². The van der Waals surface area contributed by atoms with Crippen LogP contribution in [0.1, 0.15) is 82.5 Å². The topological polar surface area (TPSA) is 60.4 Å². The number of rotatable bonds is 3. The maximum atomic E-state index is 13.7. The van der Waals surface area contributed by atoms with E-state index < -0.39 is 0 Å². The lowest BCUT2D eigenvalue weighted by Gasteiger charge is -2.59. The van der Waals surface area contributed by atoms with Crippen molar-refractivity contribution < 1.29 is 19.1 Å². The normalized spacial score (nSPS) is 42.1. The van der Waals surface area contributed by atoms with Crippen molar-refractivity contribution in [2.45, 2.75) is 78.2 Å². The van der Waals surface area contributed by atoms with Crippen molar-refractivity contribution in [1.29, 1.82) is 0 Å². The minimum Gasteiger partial charge on any atom is -0.459 e. The Morgan fingerprint density at radius 3 is 2.58 bits per heavy atom. The van der Waals surface area contributed by atoms with Crippen molar-refractivity contribution >= 4 is 40.1 Å². The van der Waals surface area contributed by atoms with Gasteiger partial charge in [-0.2, -0.15) is 0 Å². The van der Waals surface area contributed by atoms with Crippen LogP contribution in [0.25, 0.3) is 0 Å². The second-order valence-corrected chi connectivity index (χ2v) is 13.0. The third-order valence-corrected chi connectivity index (χ3v) is 10.8. The van der Waals surface area contributed by atoms with Crippen LogP contribution in [0.4, 0.5) is 0 Å². The highest BCUT2D eigenvalue weighted by atomic mass is 127. The largest absolute Gasteiger partial charge is 0.459 e. The minimum absolute atomic E-state index is 0.0132. The fourth-order valence-electron chi connectivity index (χ4n) is 8.64. The van der Waals surface area contributed by atoms with Crippen LogP contribution < -0.4 is 0 Å². The fraction of sp³-hybridized carbons (Fsp3) is 0.679. The molecule has 0 spiro atoms. The number of carbonyl (C=O) groups is 3. The van der Waals surface area contributed by atoms with E-state index in [0.717, 1.165) is 48.5 Å². The Balaban J connectivity index is 1.32. The summed E-state index contributed by atoms with van der Waals surface area (Å²) in [7, 11) is 0. The SMILES string of the molecule is CC(=O)[C@H]1CC[C@H]2[C@H]3CC[C@@H]4C[C@H](OC(=O)c5cccc(I)c5)CC[C@]4(C)[C@H]3C(=O)C[C@]12C. The van der Waals surface area contributed by atoms with E-state index in [4.69, 9.17) is 4.74 Å². The Labute approximate surface area is 210 Å². The number of ether oxygens (including phenoxy) is 1. The summed E-state index contributed by atoms with van der Waals surface area (Å²) in [6, 6.07) is 7.54. The first-order valence-corrected chi connectivity index (χ1v) is 13.7. The molecule has 0 radical (unpaired) electrons. The third-order valence-electron chi connectivity index (χ3n) is 10.1. The van der Waals surface area contributed by atoms with E-state index in [2.05, 4.69) is 36.4 Å². The van der Waals surface area contributed by atoms with Gasteiger partial charge in [0, 0.05) is 21.8 Å². The Morgan fingerprint density at radius 1 is 1.06 bits per heavy atom. The second-order valence-electron chi connectivity index (χ2n) is 11.7. The first-order chi connectivity index (χ1) is 15.6. The van der Waals surface area contributed by atoms with Crippen molar-refractivity contribution in [3.63, 3.8) is 0 Å². The summed E-state index contributed by atoms with van der Waals surface area (Å²) >= 11 is 2.21. The molecule has 4 saturated carbocycles. The highest BCUT2D eigenvalue weighted by Crippen LogP contribution is 2.66. The fourth-order valence-corrected chi connectivity index (χ4v) is 9.19. The van der Waals surface area contributed by atoms with E-state index in [1.54, 1.807) is 6.92 Å². The van der Waals surface area contributed by atoms with Gasteiger partial charge >= 0.3 is 5.97 Å². The summed E-state index contributed by atoms with van der Waals surface area (Å²) in [6.45, 7) is 6.27. The maximum Gasteiger partial charge on any atom is 0.338 e. The van der Waals surface area contributed by atoms with Crippen LogP contribution in [0, 0.1) is 44.0 Å². The van der Waals surface area contributed by atoms with Crippen LogP contribution >= 0.6 is 22.6 Å². The number of fused-ring (bicyclic) bond motifs is 5. The molecule has 0 amide bonds. The van der Waals surface area contributed by atoms with E-state index in [-0.39, 0.29) is 40.5 Å². The second kappa shape index (κ2) is 8.46. The van der Waals surface area contributed by atoms with Crippen molar-refractivity contribution in [3.05, 3.63) is 33.4 Å². The van der Waals surface area contributed by atoms with E-state index in [0.29, 0.717) is 35.5 Å². The molecule has 0 aromatic heterocycles. The van der Waals surface area contributed by atoms with Crippen LogP contribution in [-0.2, 0) is 14.3 Å². The van der Waals surface area contributed by atoms with Gasteiger partial charge in [0.1, 0.15) is 17.7 Å². The molecule has 5 heteroatoms. The summed E-state index contributed by atoms with van der Waals surface area (Å²) in [5.74, 6) is 1.90. The molecule has 4 fully saturated rings. The van der Waals surface area contributed by atoms with Crippen LogP contribution in [0.2, 0.25) is 0 Å². The zero-order valence-electron chi connectivity index (χ0n) is 19.9. The molecule has 4 nitrogen and oxygen atoms in total. The molecule has 33 heavy (non-hydrogen) atoms. The van der Waals surface area contributed by atoms with Gasteiger partial charge < -0.3 is 4.74 Å². The van der Waals surface area contributed by atoms with Gasteiger partial charge in [0.2, 0.25) is 0 Å².